The average Bonchev–Trinajstić information content (AvgIpc) is 2.73. The van der Waals surface area contributed by atoms with Gasteiger partial charge in [-0.05, 0) is 18.8 Å². The maximum atomic E-state index is 5.78. The van der Waals surface area contributed by atoms with Crippen LogP contribution in [0.3, 0.4) is 0 Å². The van der Waals surface area contributed by atoms with Crippen LogP contribution in [-0.4, -0.2) is 26.4 Å². The largest absolute Gasteiger partial charge is 0.381 e. The summed E-state index contributed by atoms with van der Waals surface area (Å²) in [7, 11) is 0. The molecule has 2 unspecified atom stereocenters. The van der Waals surface area contributed by atoms with Crippen LogP contribution >= 0.6 is 0 Å². The van der Waals surface area contributed by atoms with Gasteiger partial charge in [0.2, 0.25) is 0 Å². The Balaban J connectivity index is 1.75. The summed E-state index contributed by atoms with van der Waals surface area (Å²) in [6.07, 6.45) is 11.0. The van der Waals surface area contributed by atoms with Crippen molar-refractivity contribution in [1.82, 2.24) is 0 Å². The van der Waals surface area contributed by atoms with Gasteiger partial charge in [0, 0.05) is 19.1 Å². The van der Waals surface area contributed by atoms with Crippen LogP contribution in [0.5, 0.6) is 0 Å². The normalized spacial score (nSPS) is 34.5. The first-order valence-corrected chi connectivity index (χ1v) is 7.12. The van der Waals surface area contributed by atoms with Crippen molar-refractivity contribution in [2.45, 2.75) is 51.4 Å². The zero-order valence-electron chi connectivity index (χ0n) is 10.5. The van der Waals surface area contributed by atoms with Crippen molar-refractivity contribution < 1.29 is 9.47 Å². The van der Waals surface area contributed by atoms with E-state index in [9.17, 15) is 0 Å². The van der Waals surface area contributed by atoms with Gasteiger partial charge >= 0.3 is 0 Å². The smallest absolute Gasteiger partial charge is 0.0519 e. The highest BCUT2D eigenvalue weighted by molar-refractivity contribution is 4.75. The number of hydrogen-bond donors (Lipinski definition) is 0. The van der Waals surface area contributed by atoms with E-state index in [1.54, 1.807) is 0 Å². The Hall–Kier alpha value is -0.0800. The molecular formula is C14H26O2. The Morgan fingerprint density at radius 2 is 1.19 bits per heavy atom. The quantitative estimate of drug-likeness (QED) is 0.630. The molecule has 2 saturated heterocycles. The Labute approximate surface area is 99.7 Å². The molecule has 2 fully saturated rings. The molecule has 0 saturated carbocycles. The van der Waals surface area contributed by atoms with E-state index >= 15 is 0 Å². The summed E-state index contributed by atoms with van der Waals surface area (Å²) in [4.78, 5) is 0. The molecule has 2 atom stereocenters. The molecule has 2 rings (SSSR count). The van der Waals surface area contributed by atoms with Crippen molar-refractivity contribution >= 4 is 0 Å². The summed E-state index contributed by atoms with van der Waals surface area (Å²) in [5.74, 6) is 1.46. The van der Waals surface area contributed by atoms with Crippen molar-refractivity contribution in [3.05, 3.63) is 0 Å². The fraction of sp³-hybridized carbons (Fsp3) is 1.00. The van der Waals surface area contributed by atoms with Gasteiger partial charge < -0.3 is 9.47 Å². The molecular weight excluding hydrogens is 200 g/mol. The lowest BCUT2D eigenvalue weighted by molar-refractivity contribution is 0.0795. The fourth-order valence-electron chi connectivity index (χ4n) is 2.88. The summed E-state index contributed by atoms with van der Waals surface area (Å²) in [6.45, 7) is 3.81. The first-order valence-electron chi connectivity index (χ1n) is 7.12. The molecule has 0 aromatic rings. The third-order valence-electron chi connectivity index (χ3n) is 4.03. The molecule has 0 N–H and O–H groups in total. The van der Waals surface area contributed by atoms with E-state index in [2.05, 4.69) is 0 Å². The van der Waals surface area contributed by atoms with Crippen molar-refractivity contribution in [1.29, 1.82) is 0 Å². The van der Waals surface area contributed by atoms with E-state index in [1.165, 1.54) is 51.4 Å². The van der Waals surface area contributed by atoms with Crippen molar-refractivity contribution in [3.8, 4) is 0 Å². The van der Waals surface area contributed by atoms with Gasteiger partial charge in [0.25, 0.3) is 0 Å². The van der Waals surface area contributed by atoms with Crippen LogP contribution in [0.15, 0.2) is 0 Å². The maximum Gasteiger partial charge on any atom is 0.0519 e. The standard InChI is InChI=1S/C14H26O2/c1-2-4-6-8-13-10-16-12-14(13)11-15-9-7-5-3-1/h13-14H,1-12H2. The first-order chi connectivity index (χ1) is 7.97. The Bertz CT molecular complexity index is 164. The molecule has 0 spiro atoms. The van der Waals surface area contributed by atoms with E-state index < -0.39 is 0 Å². The predicted molar refractivity (Wildman–Crippen MR) is 65.6 cm³/mol. The van der Waals surface area contributed by atoms with Gasteiger partial charge in [-0.1, -0.05) is 38.5 Å². The third-order valence-corrected chi connectivity index (χ3v) is 4.03. The van der Waals surface area contributed by atoms with E-state index in [0.29, 0.717) is 5.92 Å². The third kappa shape index (κ3) is 4.06. The van der Waals surface area contributed by atoms with E-state index in [0.717, 1.165) is 32.3 Å². The van der Waals surface area contributed by atoms with Crippen LogP contribution in [0.25, 0.3) is 0 Å². The number of rotatable bonds is 0. The minimum atomic E-state index is 0.681. The van der Waals surface area contributed by atoms with Crippen LogP contribution in [0, 0.1) is 11.8 Å². The zero-order chi connectivity index (χ0) is 11.1. The van der Waals surface area contributed by atoms with Crippen molar-refractivity contribution in [2.75, 3.05) is 26.4 Å². The minimum Gasteiger partial charge on any atom is -0.381 e. The molecule has 0 aliphatic carbocycles. The summed E-state index contributed by atoms with van der Waals surface area (Å²) in [5, 5.41) is 0. The molecule has 94 valence electrons. The highest BCUT2D eigenvalue weighted by Crippen LogP contribution is 2.27. The molecule has 0 bridgehead atoms. The molecule has 0 radical (unpaired) electrons. The highest BCUT2D eigenvalue weighted by atomic mass is 16.5. The van der Waals surface area contributed by atoms with Crippen LogP contribution < -0.4 is 0 Å². The molecule has 2 aliphatic rings. The van der Waals surface area contributed by atoms with Crippen LogP contribution in [0.2, 0.25) is 0 Å². The second-order valence-corrected chi connectivity index (χ2v) is 5.40. The Morgan fingerprint density at radius 1 is 0.562 bits per heavy atom. The first kappa shape index (κ1) is 12.4. The van der Waals surface area contributed by atoms with E-state index in [1.807, 2.05) is 0 Å². The highest BCUT2D eigenvalue weighted by Gasteiger charge is 2.27. The number of ether oxygens (including phenoxy) is 2. The Kier molecular flexibility index (Phi) is 5.64. The zero-order valence-corrected chi connectivity index (χ0v) is 10.5. The summed E-state index contributed by atoms with van der Waals surface area (Å²) >= 11 is 0. The topological polar surface area (TPSA) is 18.5 Å². The number of fused-ring (bicyclic) bond motifs is 1. The van der Waals surface area contributed by atoms with Gasteiger partial charge in [-0.25, -0.2) is 0 Å². The summed E-state index contributed by atoms with van der Waals surface area (Å²) in [6, 6.07) is 0. The molecule has 0 aromatic heterocycles. The molecule has 16 heavy (non-hydrogen) atoms. The molecule has 2 nitrogen and oxygen atoms in total. The number of hydrogen-bond acceptors (Lipinski definition) is 2. The monoisotopic (exact) mass is 226 g/mol. The average molecular weight is 226 g/mol. The van der Waals surface area contributed by atoms with Crippen LogP contribution in [0.1, 0.15) is 51.4 Å². The van der Waals surface area contributed by atoms with Gasteiger partial charge in [0.1, 0.15) is 0 Å². The molecule has 2 heterocycles. The van der Waals surface area contributed by atoms with E-state index in [4.69, 9.17) is 9.47 Å². The second kappa shape index (κ2) is 7.29. The molecule has 2 aliphatic heterocycles. The summed E-state index contributed by atoms with van der Waals surface area (Å²) < 4.78 is 11.4. The van der Waals surface area contributed by atoms with Crippen molar-refractivity contribution in [2.24, 2.45) is 11.8 Å². The SMILES string of the molecule is C1CCCCOCC2COCC2CCCC1. The van der Waals surface area contributed by atoms with Gasteiger partial charge in [-0.2, -0.15) is 0 Å². The Morgan fingerprint density at radius 3 is 2.06 bits per heavy atom. The van der Waals surface area contributed by atoms with Gasteiger partial charge in [-0.3, -0.25) is 0 Å². The lowest BCUT2D eigenvalue weighted by Gasteiger charge is -2.17. The second-order valence-electron chi connectivity index (χ2n) is 5.40. The lowest BCUT2D eigenvalue weighted by atomic mass is 9.91. The molecule has 0 aromatic carbocycles. The minimum absolute atomic E-state index is 0.681. The van der Waals surface area contributed by atoms with Gasteiger partial charge in [-0.15, -0.1) is 0 Å². The molecule has 2 heteroatoms. The predicted octanol–water partition coefficient (Wildman–Crippen LogP) is 3.40. The lowest BCUT2D eigenvalue weighted by Crippen LogP contribution is -2.18. The molecule has 0 amide bonds. The van der Waals surface area contributed by atoms with Gasteiger partial charge in [0.05, 0.1) is 13.2 Å². The maximum absolute atomic E-state index is 5.78. The van der Waals surface area contributed by atoms with E-state index in [-0.39, 0.29) is 0 Å². The van der Waals surface area contributed by atoms with Crippen molar-refractivity contribution in [3.63, 3.8) is 0 Å². The van der Waals surface area contributed by atoms with Crippen LogP contribution in [-0.2, 0) is 9.47 Å². The summed E-state index contributed by atoms with van der Waals surface area (Å²) in [5.41, 5.74) is 0. The van der Waals surface area contributed by atoms with Crippen LogP contribution in [0.4, 0.5) is 0 Å². The fourth-order valence-corrected chi connectivity index (χ4v) is 2.88. The van der Waals surface area contributed by atoms with Gasteiger partial charge in [0.15, 0.2) is 0 Å².